The molecule has 0 aliphatic heterocycles. The highest BCUT2D eigenvalue weighted by Gasteiger charge is 2.16. The molecule has 19 heavy (non-hydrogen) atoms. The Morgan fingerprint density at radius 2 is 1.89 bits per heavy atom. The molecule has 6 heteroatoms. The van der Waals surface area contributed by atoms with Crippen LogP contribution in [0.3, 0.4) is 0 Å². The second kappa shape index (κ2) is 7.25. The summed E-state index contributed by atoms with van der Waals surface area (Å²) in [6.07, 6.45) is 1.58. The number of nitrogens with zero attached hydrogens (tertiary/aromatic N) is 1. The molecule has 0 spiro atoms. The van der Waals surface area contributed by atoms with Gasteiger partial charge in [0, 0.05) is 26.1 Å². The van der Waals surface area contributed by atoms with E-state index >= 15 is 0 Å². The third kappa shape index (κ3) is 5.85. The fourth-order valence-electron chi connectivity index (χ4n) is 1.59. The highest BCUT2D eigenvalue weighted by molar-refractivity contribution is 7.88. The molecule has 0 unspecified atom stereocenters. The first-order chi connectivity index (χ1) is 8.93. The summed E-state index contributed by atoms with van der Waals surface area (Å²) in [4.78, 5) is 11.1. The number of rotatable bonds is 7. The van der Waals surface area contributed by atoms with Crippen molar-refractivity contribution in [2.45, 2.75) is 19.9 Å². The number of benzene rings is 1. The van der Waals surface area contributed by atoms with E-state index in [2.05, 4.69) is 5.32 Å². The van der Waals surface area contributed by atoms with Crippen LogP contribution in [-0.4, -0.2) is 38.0 Å². The molecule has 5 nitrogen and oxygen atoms in total. The van der Waals surface area contributed by atoms with Gasteiger partial charge >= 0.3 is 0 Å². The molecule has 1 aromatic carbocycles. The van der Waals surface area contributed by atoms with E-state index in [9.17, 15) is 13.2 Å². The van der Waals surface area contributed by atoms with Crippen molar-refractivity contribution in [1.82, 2.24) is 9.62 Å². The first kappa shape index (κ1) is 15.7. The quantitative estimate of drug-likeness (QED) is 0.811. The van der Waals surface area contributed by atoms with Crippen LogP contribution < -0.4 is 5.32 Å². The average molecular weight is 284 g/mol. The predicted octanol–water partition coefficient (Wildman–Crippen LogP) is 0.974. The molecule has 0 radical (unpaired) electrons. The molecule has 1 aromatic rings. The number of carbonyl (C=O) groups is 1. The molecule has 0 fully saturated rings. The number of sulfonamides is 1. The highest BCUT2D eigenvalue weighted by Crippen LogP contribution is 2.07. The van der Waals surface area contributed by atoms with Crippen molar-refractivity contribution in [1.29, 1.82) is 0 Å². The number of hydrogen-bond donors (Lipinski definition) is 1. The molecular weight excluding hydrogens is 264 g/mol. The lowest BCUT2D eigenvalue weighted by molar-refractivity contribution is -0.120. The van der Waals surface area contributed by atoms with Gasteiger partial charge in [-0.2, -0.15) is 4.31 Å². The van der Waals surface area contributed by atoms with Crippen molar-refractivity contribution >= 4 is 15.9 Å². The number of amides is 1. The van der Waals surface area contributed by atoms with E-state index in [1.807, 2.05) is 30.3 Å². The van der Waals surface area contributed by atoms with Crippen LogP contribution in [0.2, 0.25) is 0 Å². The molecule has 0 aliphatic carbocycles. The smallest absolute Gasteiger partial charge is 0.219 e. The Morgan fingerprint density at radius 1 is 1.26 bits per heavy atom. The molecule has 0 aromatic heterocycles. The highest BCUT2D eigenvalue weighted by atomic mass is 32.2. The normalized spacial score (nSPS) is 11.5. The van der Waals surface area contributed by atoms with Gasteiger partial charge in [0.2, 0.25) is 15.9 Å². The Bertz CT molecular complexity index is 500. The minimum Gasteiger partial charge on any atom is -0.355 e. The molecule has 0 saturated carbocycles. The van der Waals surface area contributed by atoms with Crippen molar-refractivity contribution in [3.63, 3.8) is 0 Å². The molecule has 1 amide bonds. The lowest BCUT2D eigenvalue weighted by Gasteiger charge is -2.20. The van der Waals surface area contributed by atoms with Gasteiger partial charge in [0.1, 0.15) is 0 Å². The van der Waals surface area contributed by atoms with Crippen LogP contribution in [0.25, 0.3) is 0 Å². The maximum absolute atomic E-state index is 11.7. The van der Waals surface area contributed by atoms with E-state index in [0.29, 0.717) is 19.5 Å². The maximum Gasteiger partial charge on any atom is 0.219 e. The summed E-state index contributed by atoms with van der Waals surface area (Å²) in [7, 11) is -3.29. The van der Waals surface area contributed by atoms with Gasteiger partial charge in [-0.1, -0.05) is 37.3 Å². The van der Waals surface area contributed by atoms with Crippen molar-refractivity contribution < 1.29 is 13.2 Å². The van der Waals surface area contributed by atoms with Gasteiger partial charge in [0.15, 0.2) is 0 Å². The summed E-state index contributed by atoms with van der Waals surface area (Å²) < 4.78 is 24.7. The van der Waals surface area contributed by atoms with Gasteiger partial charge < -0.3 is 5.32 Å². The summed E-state index contributed by atoms with van der Waals surface area (Å²) >= 11 is 0. The summed E-state index contributed by atoms with van der Waals surface area (Å²) in [6.45, 7) is 2.68. The largest absolute Gasteiger partial charge is 0.355 e. The van der Waals surface area contributed by atoms with Crippen molar-refractivity contribution in [3.8, 4) is 0 Å². The van der Waals surface area contributed by atoms with Crippen LogP contribution in [-0.2, 0) is 21.4 Å². The third-order valence-corrected chi connectivity index (χ3v) is 3.92. The van der Waals surface area contributed by atoms with Crippen LogP contribution in [0.5, 0.6) is 0 Å². The molecule has 106 valence electrons. The lowest BCUT2D eigenvalue weighted by Crippen LogP contribution is -2.37. The molecule has 0 bridgehead atoms. The van der Waals surface area contributed by atoms with Crippen LogP contribution in [0.15, 0.2) is 30.3 Å². The van der Waals surface area contributed by atoms with E-state index in [0.717, 1.165) is 5.56 Å². The minimum absolute atomic E-state index is 0.0758. The molecule has 0 heterocycles. The Hall–Kier alpha value is -1.40. The first-order valence-electron chi connectivity index (χ1n) is 6.19. The summed E-state index contributed by atoms with van der Waals surface area (Å²) in [5.41, 5.74) is 0.926. The Morgan fingerprint density at radius 3 is 2.42 bits per heavy atom. The SMILES string of the molecule is CCC(=O)NCCN(Cc1ccccc1)S(C)(=O)=O. The average Bonchev–Trinajstić information content (AvgIpc) is 2.37. The van der Waals surface area contributed by atoms with E-state index in [1.165, 1.54) is 10.6 Å². The molecule has 0 saturated heterocycles. The Balaban J connectivity index is 2.61. The molecular formula is C13H20N2O3S. The van der Waals surface area contributed by atoms with Crippen LogP contribution in [0.4, 0.5) is 0 Å². The zero-order valence-electron chi connectivity index (χ0n) is 11.3. The van der Waals surface area contributed by atoms with Crippen molar-refractivity contribution in [2.24, 2.45) is 0 Å². The third-order valence-electron chi connectivity index (χ3n) is 2.68. The standard InChI is InChI=1S/C13H20N2O3S/c1-3-13(16)14-9-10-15(19(2,17)18)11-12-7-5-4-6-8-12/h4-8H,3,9-11H2,1-2H3,(H,14,16). The van der Waals surface area contributed by atoms with E-state index < -0.39 is 10.0 Å². The van der Waals surface area contributed by atoms with Gasteiger partial charge in [-0.3, -0.25) is 4.79 Å². The second-order valence-electron chi connectivity index (χ2n) is 4.29. The Kier molecular flexibility index (Phi) is 5.98. The van der Waals surface area contributed by atoms with Crippen molar-refractivity contribution in [2.75, 3.05) is 19.3 Å². The van der Waals surface area contributed by atoms with Gasteiger partial charge in [-0.25, -0.2) is 8.42 Å². The fourth-order valence-corrected chi connectivity index (χ4v) is 2.40. The Labute approximate surface area is 114 Å². The monoisotopic (exact) mass is 284 g/mol. The summed E-state index contributed by atoms with van der Waals surface area (Å²) in [5.74, 6) is -0.0758. The summed E-state index contributed by atoms with van der Waals surface area (Å²) in [5, 5.41) is 2.68. The van der Waals surface area contributed by atoms with Gasteiger partial charge in [0.05, 0.1) is 6.26 Å². The first-order valence-corrected chi connectivity index (χ1v) is 8.04. The number of carbonyl (C=O) groups excluding carboxylic acids is 1. The summed E-state index contributed by atoms with van der Waals surface area (Å²) in [6, 6.07) is 9.38. The number of hydrogen-bond acceptors (Lipinski definition) is 3. The van der Waals surface area contributed by atoms with Gasteiger partial charge in [0.25, 0.3) is 0 Å². The zero-order valence-corrected chi connectivity index (χ0v) is 12.1. The van der Waals surface area contributed by atoms with E-state index in [-0.39, 0.29) is 12.5 Å². The second-order valence-corrected chi connectivity index (χ2v) is 6.27. The van der Waals surface area contributed by atoms with Crippen LogP contribution in [0, 0.1) is 0 Å². The van der Waals surface area contributed by atoms with E-state index in [4.69, 9.17) is 0 Å². The predicted molar refractivity (Wildman–Crippen MR) is 75.0 cm³/mol. The molecule has 0 aliphatic rings. The van der Waals surface area contributed by atoms with Gasteiger partial charge in [-0.15, -0.1) is 0 Å². The fraction of sp³-hybridized carbons (Fsp3) is 0.462. The maximum atomic E-state index is 11.7. The minimum atomic E-state index is -3.29. The van der Waals surface area contributed by atoms with E-state index in [1.54, 1.807) is 6.92 Å². The van der Waals surface area contributed by atoms with Crippen molar-refractivity contribution in [3.05, 3.63) is 35.9 Å². The van der Waals surface area contributed by atoms with Crippen LogP contribution >= 0.6 is 0 Å². The topological polar surface area (TPSA) is 66.5 Å². The zero-order chi connectivity index (χ0) is 14.3. The molecule has 1 N–H and O–H groups in total. The number of nitrogens with one attached hydrogen (secondary N) is 1. The molecule has 1 rings (SSSR count). The lowest BCUT2D eigenvalue weighted by atomic mass is 10.2. The van der Waals surface area contributed by atoms with Gasteiger partial charge in [-0.05, 0) is 5.56 Å². The molecule has 0 atom stereocenters. The van der Waals surface area contributed by atoms with Crippen LogP contribution in [0.1, 0.15) is 18.9 Å².